The van der Waals surface area contributed by atoms with Crippen LogP contribution in [-0.2, 0) is 6.42 Å². The maximum absolute atomic E-state index is 9.10. The Morgan fingerprint density at radius 3 is 1.45 bits per heavy atom. The molecule has 0 radical (unpaired) electrons. The molecule has 0 fully saturated rings. The van der Waals surface area contributed by atoms with E-state index < -0.39 is 11.2 Å². The van der Waals surface area contributed by atoms with Gasteiger partial charge in [0.1, 0.15) is 11.5 Å². The SMILES string of the molecule is CC(C)(O)C(C)(C)O.c1ccc2c(c1)Cc1ccccc1O2. The Balaban J connectivity index is 0.000000192. The second-order valence-corrected chi connectivity index (χ2v) is 6.61. The number of ether oxygens (including phenoxy) is 1. The molecule has 0 unspecified atom stereocenters. The van der Waals surface area contributed by atoms with E-state index in [1.54, 1.807) is 27.7 Å². The summed E-state index contributed by atoms with van der Waals surface area (Å²) in [7, 11) is 0. The van der Waals surface area contributed by atoms with Crippen molar-refractivity contribution in [2.24, 2.45) is 0 Å². The number of hydrogen-bond acceptors (Lipinski definition) is 3. The van der Waals surface area contributed by atoms with Crippen molar-refractivity contribution in [1.82, 2.24) is 0 Å². The zero-order valence-electron chi connectivity index (χ0n) is 13.6. The molecule has 0 amide bonds. The van der Waals surface area contributed by atoms with Gasteiger partial charge >= 0.3 is 0 Å². The van der Waals surface area contributed by atoms with Crippen LogP contribution >= 0.6 is 0 Å². The molecular formula is C19H24O3. The van der Waals surface area contributed by atoms with Crippen LogP contribution in [0.15, 0.2) is 48.5 Å². The highest BCUT2D eigenvalue weighted by Gasteiger charge is 2.31. The van der Waals surface area contributed by atoms with Crippen LogP contribution in [-0.4, -0.2) is 21.4 Å². The van der Waals surface area contributed by atoms with Crippen molar-refractivity contribution >= 4 is 0 Å². The quantitative estimate of drug-likeness (QED) is 0.716. The molecule has 0 saturated carbocycles. The van der Waals surface area contributed by atoms with Crippen molar-refractivity contribution < 1.29 is 14.9 Å². The maximum Gasteiger partial charge on any atom is 0.130 e. The number of rotatable bonds is 1. The summed E-state index contributed by atoms with van der Waals surface area (Å²) >= 11 is 0. The number of para-hydroxylation sites is 2. The lowest BCUT2D eigenvalue weighted by Crippen LogP contribution is -2.44. The van der Waals surface area contributed by atoms with Gasteiger partial charge in [0.25, 0.3) is 0 Å². The van der Waals surface area contributed by atoms with Gasteiger partial charge in [-0.15, -0.1) is 0 Å². The maximum atomic E-state index is 9.10. The van der Waals surface area contributed by atoms with Crippen molar-refractivity contribution in [3.05, 3.63) is 59.7 Å². The van der Waals surface area contributed by atoms with Gasteiger partial charge < -0.3 is 14.9 Å². The summed E-state index contributed by atoms with van der Waals surface area (Å²) in [6.07, 6.45) is 0.979. The highest BCUT2D eigenvalue weighted by atomic mass is 16.5. The minimum atomic E-state index is -1.01. The molecule has 0 aromatic heterocycles. The lowest BCUT2D eigenvalue weighted by atomic mass is 9.90. The standard InChI is InChI=1S/C13H10O.C6H14O2/c1-3-7-12-10(5-1)9-11-6-2-4-8-13(11)14-12;1-5(2,7)6(3,4)8/h1-8H,9H2;7-8H,1-4H3. The number of hydrogen-bond donors (Lipinski definition) is 2. The van der Waals surface area contributed by atoms with Crippen LogP contribution in [0.4, 0.5) is 0 Å². The Labute approximate surface area is 132 Å². The van der Waals surface area contributed by atoms with Gasteiger partial charge in [-0.3, -0.25) is 0 Å². The molecule has 3 nitrogen and oxygen atoms in total. The van der Waals surface area contributed by atoms with E-state index in [1.807, 2.05) is 24.3 Å². The highest BCUT2D eigenvalue weighted by Crippen LogP contribution is 2.35. The lowest BCUT2D eigenvalue weighted by Gasteiger charge is -2.31. The van der Waals surface area contributed by atoms with Crippen LogP contribution in [0.2, 0.25) is 0 Å². The summed E-state index contributed by atoms with van der Waals surface area (Å²) in [6, 6.07) is 16.4. The predicted octanol–water partition coefficient (Wildman–Crippen LogP) is 3.91. The molecule has 118 valence electrons. The van der Waals surface area contributed by atoms with Crippen LogP contribution in [0.3, 0.4) is 0 Å². The summed E-state index contributed by atoms with van der Waals surface area (Å²) in [5.41, 5.74) is 0.525. The predicted molar refractivity (Wildman–Crippen MR) is 88.4 cm³/mol. The summed E-state index contributed by atoms with van der Waals surface area (Å²) in [4.78, 5) is 0. The van der Waals surface area contributed by atoms with Crippen LogP contribution < -0.4 is 4.74 Å². The minimum Gasteiger partial charge on any atom is -0.457 e. The zero-order valence-corrected chi connectivity index (χ0v) is 13.6. The van der Waals surface area contributed by atoms with E-state index in [4.69, 9.17) is 14.9 Å². The van der Waals surface area contributed by atoms with Gasteiger partial charge in [-0.2, -0.15) is 0 Å². The molecule has 0 spiro atoms. The largest absolute Gasteiger partial charge is 0.457 e. The first kappa shape index (κ1) is 16.5. The van der Waals surface area contributed by atoms with Crippen molar-refractivity contribution in [3.8, 4) is 11.5 Å². The van der Waals surface area contributed by atoms with Crippen molar-refractivity contribution in [3.63, 3.8) is 0 Å². The van der Waals surface area contributed by atoms with E-state index in [-0.39, 0.29) is 0 Å². The van der Waals surface area contributed by atoms with Crippen LogP contribution in [0, 0.1) is 0 Å². The molecule has 1 aliphatic heterocycles. The average molecular weight is 300 g/mol. The van der Waals surface area contributed by atoms with E-state index in [1.165, 1.54) is 11.1 Å². The summed E-state index contributed by atoms with van der Waals surface area (Å²) < 4.78 is 5.78. The van der Waals surface area contributed by atoms with Crippen molar-refractivity contribution in [1.29, 1.82) is 0 Å². The number of aliphatic hydroxyl groups is 2. The third kappa shape index (κ3) is 3.87. The number of benzene rings is 2. The molecule has 22 heavy (non-hydrogen) atoms. The van der Waals surface area contributed by atoms with Gasteiger partial charge in [0, 0.05) is 6.42 Å². The molecule has 2 aromatic rings. The van der Waals surface area contributed by atoms with E-state index in [0.29, 0.717) is 0 Å². The fraction of sp³-hybridized carbons (Fsp3) is 0.368. The van der Waals surface area contributed by atoms with Crippen LogP contribution in [0.5, 0.6) is 11.5 Å². The smallest absolute Gasteiger partial charge is 0.130 e. The van der Waals surface area contributed by atoms with Gasteiger partial charge in [0.2, 0.25) is 0 Å². The molecule has 0 bridgehead atoms. The lowest BCUT2D eigenvalue weighted by molar-refractivity contribution is -0.107. The summed E-state index contributed by atoms with van der Waals surface area (Å²) in [5.74, 6) is 1.98. The highest BCUT2D eigenvalue weighted by molar-refractivity contribution is 5.49. The Morgan fingerprint density at radius 2 is 1.09 bits per heavy atom. The van der Waals surface area contributed by atoms with Crippen LogP contribution in [0.1, 0.15) is 38.8 Å². The molecular weight excluding hydrogens is 276 g/mol. The van der Waals surface area contributed by atoms with E-state index in [2.05, 4.69) is 24.3 Å². The average Bonchev–Trinajstić information content (AvgIpc) is 2.43. The first-order valence-corrected chi connectivity index (χ1v) is 7.47. The van der Waals surface area contributed by atoms with E-state index >= 15 is 0 Å². The molecule has 1 heterocycles. The Kier molecular flexibility index (Phi) is 4.59. The minimum absolute atomic E-state index is 0.979. The Hall–Kier alpha value is -1.84. The molecule has 1 aliphatic rings. The number of fused-ring (bicyclic) bond motifs is 2. The van der Waals surface area contributed by atoms with Gasteiger partial charge in [-0.1, -0.05) is 36.4 Å². The first-order chi connectivity index (χ1) is 10.2. The zero-order chi connectivity index (χ0) is 16.4. The molecule has 2 N–H and O–H groups in total. The monoisotopic (exact) mass is 300 g/mol. The first-order valence-electron chi connectivity index (χ1n) is 7.47. The van der Waals surface area contributed by atoms with Gasteiger partial charge in [0.05, 0.1) is 11.2 Å². The third-order valence-corrected chi connectivity index (χ3v) is 4.04. The van der Waals surface area contributed by atoms with Gasteiger partial charge in [-0.05, 0) is 51.0 Å². The van der Waals surface area contributed by atoms with Crippen molar-refractivity contribution in [2.45, 2.75) is 45.3 Å². The third-order valence-electron chi connectivity index (χ3n) is 4.04. The topological polar surface area (TPSA) is 49.7 Å². The molecule has 3 heteroatoms. The van der Waals surface area contributed by atoms with E-state index in [9.17, 15) is 0 Å². The Morgan fingerprint density at radius 1 is 0.727 bits per heavy atom. The fourth-order valence-corrected chi connectivity index (χ4v) is 1.82. The fourth-order valence-electron chi connectivity index (χ4n) is 1.82. The molecule has 0 atom stereocenters. The van der Waals surface area contributed by atoms with E-state index in [0.717, 1.165) is 17.9 Å². The molecule has 3 rings (SSSR count). The normalized spacial score (nSPS) is 13.2. The summed E-state index contributed by atoms with van der Waals surface area (Å²) in [6.45, 7) is 6.31. The molecule has 2 aromatic carbocycles. The van der Waals surface area contributed by atoms with Gasteiger partial charge in [0.15, 0.2) is 0 Å². The summed E-state index contributed by atoms with van der Waals surface area (Å²) in [5, 5.41) is 18.2. The molecule has 0 aliphatic carbocycles. The second-order valence-electron chi connectivity index (χ2n) is 6.61. The Bertz CT molecular complexity index is 534. The molecule has 0 saturated heterocycles. The van der Waals surface area contributed by atoms with Crippen molar-refractivity contribution in [2.75, 3.05) is 0 Å². The second kappa shape index (κ2) is 6.11. The van der Waals surface area contributed by atoms with Gasteiger partial charge in [-0.25, -0.2) is 0 Å². The van der Waals surface area contributed by atoms with Crippen LogP contribution in [0.25, 0.3) is 0 Å².